The van der Waals surface area contributed by atoms with Crippen molar-refractivity contribution < 1.29 is 9.90 Å². The SMILES string of the molecule is Cc1[nH]c2c(=O)n(C3CCN(c4nc5cccc(C(=O)O)c5s4)CC3)ccc2c1Cl. The maximum atomic E-state index is 13.0. The maximum absolute atomic E-state index is 13.0. The highest BCUT2D eigenvalue weighted by molar-refractivity contribution is 7.22. The molecular formula is C21H19ClN4O3S. The summed E-state index contributed by atoms with van der Waals surface area (Å²) >= 11 is 7.69. The van der Waals surface area contributed by atoms with E-state index in [1.165, 1.54) is 11.3 Å². The summed E-state index contributed by atoms with van der Waals surface area (Å²) in [5.74, 6) is -0.941. The molecule has 1 fully saturated rings. The van der Waals surface area contributed by atoms with Crippen LogP contribution in [0.25, 0.3) is 21.1 Å². The van der Waals surface area contributed by atoms with Crippen molar-refractivity contribution in [2.24, 2.45) is 0 Å². The van der Waals surface area contributed by atoms with Crippen molar-refractivity contribution in [3.63, 3.8) is 0 Å². The number of rotatable bonds is 3. The third-order valence-corrected chi connectivity index (χ3v) is 7.41. The van der Waals surface area contributed by atoms with Crippen LogP contribution in [0.3, 0.4) is 0 Å². The fourth-order valence-corrected chi connectivity index (χ4v) is 5.49. The van der Waals surface area contributed by atoms with Gasteiger partial charge in [-0.1, -0.05) is 29.0 Å². The zero-order valence-corrected chi connectivity index (χ0v) is 17.8. The second kappa shape index (κ2) is 7.14. The largest absolute Gasteiger partial charge is 0.478 e. The van der Waals surface area contributed by atoms with E-state index in [1.54, 1.807) is 16.7 Å². The van der Waals surface area contributed by atoms with Crippen LogP contribution in [0.4, 0.5) is 5.13 Å². The first-order valence-electron chi connectivity index (χ1n) is 9.70. The molecule has 0 atom stereocenters. The summed E-state index contributed by atoms with van der Waals surface area (Å²) < 4.78 is 2.50. The van der Waals surface area contributed by atoms with Gasteiger partial charge in [0.25, 0.3) is 5.56 Å². The highest BCUT2D eigenvalue weighted by Gasteiger charge is 2.25. The Morgan fingerprint density at radius 2 is 2.07 bits per heavy atom. The summed E-state index contributed by atoms with van der Waals surface area (Å²) in [6.45, 7) is 3.36. The minimum Gasteiger partial charge on any atom is -0.478 e. The van der Waals surface area contributed by atoms with Crippen molar-refractivity contribution in [1.29, 1.82) is 0 Å². The first-order chi connectivity index (χ1) is 14.4. The van der Waals surface area contributed by atoms with Gasteiger partial charge in [-0.2, -0.15) is 0 Å². The fourth-order valence-electron chi connectivity index (χ4n) is 4.16. The van der Waals surface area contributed by atoms with Gasteiger partial charge in [0, 0.05) is 36.4 Å². The number of hydrogen-bond donors (Lipinski definition) is 2. The normalized spacial score (nSPS) is 15.3. The summed E-state index contributed by atoms with van der Waals surface area (Å²) in [7, 11) is 0. The minimum atomic E-state index is -0.941. The monoisotopic (exact) mass is 442 g/mol. The van der Waals surface area contributed by atoms with Gasteiger partial charge in [0.05, 0.1) is 20.8 Å². The molecule has 154 valence electrons. The van der Waals surface area contributed by atoms with E-state index in [2.05, 4.69) is 14.9 Å². The highest BCUT2D eigenvalue weighted by Crippen LogP contribution is 2.34. The van der Waals surface area contributed by atoms with Gasteiger partial charge in [0.15, 0.2) is 5.13 Å². The Hall–Kier alpha value is -2.84. The van der Waals surface area contributed by atoms with Crippen LogP contribution in [0.15, 0.2) is 35.3 Å². The molecule has 1 aliphatic heterocycles. The lowest BCUT2D eigenvalue weighted by Crippen LogP contribution is -2.37. The number of fused-ring (bicyclic) bond motifs is 2. The van der Waals surface area contributed by atoms with Gasteiger partial charge in [0.1, 0.15) is 5.52 Å². The van der Waals surface area contributed by atoms with E-state index in [9.17, 15) is 14.7 Å². The number of nitrogens with zero attached hydrogens (tertiary/aromatic N) is 3. The molecule has 30 heavy (non-hydrogen) atoms. The molecule has 3 aromatic heterocycles. The van der Waals surface area contributed by atoms with Gasteiger partial charge in [0.2, 0.25) is 0 Å². The fraction of sp³-hybridized carbons (Fsp3) is 0.286. The summed E-state index contributed by atoms with van der Waals surface area (Å²) in [5, 5.41) is 11.6. The average Bonchev–Trinajstić information content (AvgIpc) is 3.30. The number of thiazole rings is 1. The van der Waals surface area contributed by atoms with E-state index in [4.69, 9.17) is 11.6 Å². The van der Waals surface area contributed by atoms with Gasteiger partial charge in [-0.3, -0.25) is 4.79 Å². The number of anilines is 1. The molecule has 5 rings (SSSR count). The molecule has 4 heterocycles. The van der Waals surface area contributed by atoms with E-state index < -0.39 is 5.97 Å². The van der Waals surface area contributed by atoms with Gasteiger partial charge in [-0.25, -0.2) is 9.78 Å². The number of carboxylic acid groups (broad SMARTS) is 1. The maximum Gasteiger partial charge on any atom is 0.337 e. The molecular weight excluding hydrogens is 424 g/mol. The van der Waals surface area contributed by atoms with Crippen LogP contribution in [0.2, 0.25) is 5.02 Å². The predicted octanol–water partition coefficient (Wildman–Crippen LogP) is 4.44. The second-order valence-corrected chi connectivity index (χ2v) is 8.91. The molecule has 2 N–H and O–H groups in total. The number of benzene rings is 1. The average molecular weight is 443 g/mol. The molecule has 1 aromatic carbocycles. The molecule has 0 spiro atoms. The molecule has 0 aliphatic carbocycles. The first-order valence-corrected chi connectivity index (χ1v) is 10.9. The number of aromatic amines is 1. The zero-order valence-electron chi connectivity index (χ0n) is 16.2. The molecule has 0 radical (unpaired) electrons. The number of nitrogens with one attached hydrogen (secondary N) is 1. The lowest BCUT2D eigenvalue weighted by Gasteiger charge is -2.32. The van der Waals surface area contributed by atoms with Crippen molar-refractivity contribution in [2.45, 2.75) is 25.8 Å². The Balaban J connectivity index is 1.39. The van der Waals surface area contributed by atoms with E-state index in [0.29, 0.717) is 20.8 Å². The van der Waals surface area contributed by atoms with Crippen molar-refractivity contribution in [3.8, 4) is 0 Å². The van der Waals surface area contributed by atoms with Crippen LogP contribution >= 0.6 is 22.9 Å². The molecule has 0 bridgehead atoms. The number of aryl methyl sites for hydroxylation is 1. The van der Waals surface area contributed by atoms with Crippen LogP contribution in [-0.4, -0.2) is 38.7 Å². The number of aromatic carboxylic acids is 1. The van der Waals surface area contributed by atoms with Crippen molar-refractivity contribution in [2.75, 3.05) is 18.0 Å². The van der Waals surface area contributed by atoms with E-state index in [1.807, 2.05) is 25.3 Å². The minimum absolute atomic E-state index is 0.0490. The molecule has 0 amide bonds. The lowest BCUT2D eigenvalue weighted by atomic mass is 10.0. The Kier molecular flexibility index (Phi) is 4.56. The van der Waals surface area contributed by atoms with Crippen LogP contribution < -0.4 is 10.5 Å². The van der Waals surface area contributed by atoms with Crippen LogP contribution in [0, 0.1) is 6.92 Å². The number of carboxylic acids is 1. The van der Waals surface area contributed by atoms with Gasteiger partial charge in [-0.15, -0.1) is 0 Å². The van der Waals surface area contributed by atoms with Crippen LogP contribution in [-0.2, 0) is 0 Å². The Bertz CT molecular complexity index is 1350. The quantitative estimate of drug-likeness (QED) is 0.489. The topological polar surface area (TPSA) is 91.2 Å². The first kappa shape index (κ1) is 19.1. The van der Waals surface area contributed by atoms with Crippen LogP contribution in [0.1, 0.15) is 34.9 Å². The van der Waals surface area contributed by atoms with Crippen LogP contribution in [0.5, 0.6) is 0 Å². The van der Waals surface area contributed by atoms with E-state index >= 15 is 0 Å². The summed E-state index contributed by atoms with van der Waals surface area (Å²) in [6.07, 6.45) is 3.45. The summed E-state index contributed by atoms with van der Waals surface area (Å²) in [5.41, 5.74) is 2.29. The Morgan fingerprint density at radius 3 is 2.80 bits per heavy atom. The number of aromatic nitrogens is 3. The molecule has 7 nitrogen and oxygen atoms in total. The number of halogens is 1. The zero-order chi connectivity index (χ0) is 21.0. The standard InChI is InChI=1S/C21H19ClN4O3S/c1-11-16(22)13-7-10-26(19(27)17(13)23-11)12-5-8-25(9-6-12)21-24-15-4-2-3-14(20(28)29)18(15)30-21/h2-4,7,10,12,23H,5-6,8-9H2,1H3,(H,28,29). The van der Waals surface area contributed by atoms with Crippen molar-refractivity contribution >= 4 is 55.2 Å². The molecule has 0 unspecified atom stereocenters. The van der Waals surface area contributed by atoms with Gasteiger partial charge in [-0.05, 0) is 38.0 Å². The summed E-state index contributed by atoms with van der Waals surface area (Å²) in [6, 6.07) is 7.17. The number of hydrogen-bond acceptors (Lipinski definition) is 5. The Morgan fingerprint density at radius 1 is 1.30 bits per heavy atom. The van der Waals surface area contributed by atoms with Crippen molar-refractivity contribution in [3.05, 3.63) is 57.1 Å². The lowest BCUT2D eigenvalue weighted by molar-refractivity contribution is 0.0699. The summed E-state index contributed by atoms with van der Waals surface area (Å²) in [4.78, 5) is 34.3. The van der Waals surface area contributed by atoms with Gasteiger partial charge >= 0.3 is 5.97 Å². The third kappa shape index (κ3) is 2.98. The highest BCUT2D eigenvalue weighted by atomic mass is 35.5. The number of piperidine rings is 1. The number of H-pyrrole nitrogens is 1. The molecule has 1 saturated heterocycles. The van der Waals surface area contributed by atoms with Gasteiger partial charge < -0.3 is 19.6 Å². The van der Waals surface area contributed by atoms with E-state index in [-0.39, 0.29) is 17.2 Å². The number of pyridine rings is 1. The molecule has 9 heteroatoms. The smallest absolute Gasteiger partial charge is 0.337 e. The molecule has 1 aliphatic rings. The molecule has 4 aromatic rings. The second-order valence-electron chi connectivity index (χ2n) is 7.55. The molecule has 0 saturated carbocycles. The predicted molar refractivity (Wildman–Crippen MR) is 119 cm³/mol. The van der Waals surface area contributed by atoms with Crippen molar-refractivity contribution in [1.82, 2.24) is 14.5 Å². The van der Waals surface area contributed by atoms with E-state index in [0.717, 1.165) is 42.1 Å². The third-order valence-electron chi connectivity index (χ3n) is 5.76. The Labute approximate surface area is 180 Å². The number of carbonyl (C=O) groups is 1.